The van der Waals surface area contributed by atoms with Crippen molar-refractivity contribution in [3.8, 4) is 11.5 Å². The number of aromatic nitrogens is 2. The molecule has 0 bridgehead atoms. The Labute approximate surface area is 135 Å². The molecule has 1 aromatic carbocycles. The average molecular weight is 315 g/mol. The number of nitrogens with one attached hydrogen (secondary N) is 1. The minimum absolute atomic E-state index is 0.0707. The molecule has 0 unspecified atom stereocenters. The molecular formula is C17H21N3O3. The van der Waals surface area contributed by atoms with Crippen molar-refractivity contribution in [2.24, 2.45) is 7.05 Å². The van der Waals surface area contributed by atoms with E-state index >= 15 is 0 Å². The lowest BCUT2D eigenvalue weighted by molar-refractivity contribution is -0.115. The molecule has 23 heavy (non-hydrogen) atoms. The van der Waals surface area contributed by atoms with Gasteiger partial charge in [0.1, 0.15) is 0 Å². The van der Waals surface area contributed by atoms with Crippen LogP contribution in [0.4, 0.5) is 5.69 Å². The van der Waals surface area contributed by atoms with Crippen molar-refractivity contribution >= 4 is 11.6 Å². The summed E-state index contributed by atoms with van der Waals surface area (Å²) in [6.45, 7) is 5.16. The highest BCUT2D eigenvalue weighted by atomic mass is 16.5. The second-order valence-electron chi connectivity index (χ2n) is 5.71. The minimum atomic E-state index is -0.0707. The van der Waals surface area contributed by atoms with Gasteiger partial charge in [-0.2, -0.15) is 5.10 Å². The number of anilines is 1. The largest absolute Gasteiger partial charge is 0.490 e. The molecule has 0 fully saturated rings. The van der Waals surface area contributed by atoms with E-state index in [1.807, 2.05) is 39.1 Å². The normalized spacial score (nSPS) is 13.5. The van der Waals surface area contributed by atoms with Crippen LogP contribution in [0.1, 0.15) is 23.4 Å². The summed E-state index contributed by atoms with van der Waals surface area (Å²) in [6.07, 6.45) is 1.16. The summed E-state index contributed by atoms with van der Waals surface area (Å²) >= 11 is 0. The Hall–Kier alpha value is -2.50. The van der Waals surface area contributed by atoms with E-state index in [0.29, 0.717) is 31.1 Å². The van der Waals surface area contributed by atoms with Gasteiger partial charge in [-0.1, -0.05) is 0 Å². The summed E-state index contributed by atoms with van der Waals surface area (Å²) in [5, 5.41) is 7.25. The van der Waals surface area contributed by atoms with Gasteiger partial charge in [0.05, 0.1) is 25.3 Å². The molecule has 0 aliphatic carbocycles. The molecule has 2 aromatic rings. The quantitative estimate of drug-likeness (QED) is 0.944. The number of rotatable bonds is 3. The van der Waals surface area contributed by atoms with E-state index in [1.54, 1.807) is 4.68 Å². The molecule has 122 valence electrons. The molecule has 0 spiro atoms. The smallest absolute Gasteiger partial charge is 0.228 e. The molecular weight excluding hydrogens is 294 g/mol. The van der Waals surface area contributed by atoms with Crippen molar-refractivity contribution in [1.29, 1.82) is 0 Å². The van der Waals surface area contributed by atoms with E-state index in [0.717, 1.165) is 29.1 Å². The van der Waals surface area contributed by atoms with Crippen LogP contribution in [-0.2, 0) is 18.3 Å². The number of hydrogen-bond acceptors (Lipinski definition) is 4. The van der Waals surface area contributed by atoms with E-state index in [1.165, 1.54) is 0 Å². The van der Waals surface area contributed by atoms with Crippen LogP contribution >= 0.6 is 0 Å². The Balaban J connectivity index is 1.72. The maximum Gasteiger partial charge on any atom is 0.228 e. The number of hydrogen-bond donors (Lipinski definition) is 1. The topological polar surface area (TPSA) is 65.4 Å². The highest BCUT2D eigenvalue weighted by molar-refractivity contribution is 5.92. The Morgan fingerprint density at radius 1 is 1.26 bits per heavy atom. The Kier molecular flexibility index (Phi) is 4.23. The number of aryl methyl sites for hydroxylation is 2. The van der Waals surface area contributed by atoms with Gasteiger partial charge < -0.3 is 14.8 Å². The zero-order valence-electron chi connectivity index (χ0n) is 13.7. The predicted octanol–water partition coefficient (Wildman–Crippen LogP) is 2.38. The number of amides is 1. The van der Waals surface area contributed by atoms with Crippen molar-refractivity contribution in [2.45, 2.75) is 26.7 Å². The first-order chi connectivity index (χ1) is 11.0. The SMILES string of the molecule is Cc1nn(C)c(C)c1CC(=O)Nc1ccc2c(c1)OCCCO2. The lowest BCUT2D eigenvalue weighted by atomic mass is 10.1. The van der Waals surface area contributed by atoms with Crippen LogP contribution in [0, 0.1) is 13.8 Å². The van der Waals surface area contributed by atoms with E-state index < -0.39 is 0 Å². The monoisotopic (exact) mass is 315 g/mol. The van der Waals surface area contributed by atoms with Crippen molar-refractivity contribution in [3.05, 3.63) is 35.2 Å². The Morgan fingerprint density at radius 2 is 2.00 bits per heavy atom. The van der Waals surface area contributed by atoms with Crippen LogP contribution in [0.2, 0.25) is 0 Å². The molecule has 0 saturated carbocycles. The Morgan fingerprint density at radius 3 is 2.70 bits per heavy atom. The molecule has 1 aromatic heterocycles. The van der Waals surface area contributed by atoms with Gasteiger partial charge in [-0.3, -0.25) is 9.48 Å². The number of ether oxygens (including phenoxy) is 2. The summed E-state index contributed by atoms with van der Waals surface area (Å²) in [4.78, 5) is 12.3. The van der Waals surface area contributed by atoms with Gasteiger partial charge >= 0.3 is 0 Å². The predicted molar refractivity (Wildman–Crippen MR) is 87.1 cm³/mol. The maximum absolute atomic E-state index is 12.3. The van der Waals surface area contributed by atoms with E-state index in [9.17, 15) is 4.79 Å². The van der Waals surface area contributed by atoms with Crippen molar-refractivity contribution in [3.63, 3.8) is 0 Å². The van der Waals surface area contributed by atoms with Gasteiger partial charge in [0.25, 0.3) is 0 Å². The maximum atomic E-state index is 12.3. The van der Waals surface area contributed by atoms with Crippen molar-refractivity contribution in [2.75, 3.05) is 18.5 Å². The van der Waals surface area contributed by atoms with Gasteiger partial charge in [-0.15, -0.1) is 0 Å². The van der Waals surface area contributed by atoms with Crippen molar-refractivity contribution < 1.29 is 14.3 Å². The van der Waals surface area contributed by atoms with Crippen LogP contribution < -0.4 is 14.8 Å². The first kappa shape index (κ1) is 15.4. The fourth-order valence-electron chi connectivity index (χ4n) is 2.68. The fraction of sp³-hybridized carbons (Fsp3) is 0.412. The molecule has 6 heteroatoms. The molecule has 1 aliphatic rings. The van der Waals surface area contributed by atoms with Crippen LogP contribution in [0.3, 0.4) is 0 Å². The standard InChI is InChI=1S/C17H21N3O3/c1-11-14(12(2)20(3)19-11)10-17(21)18-13-5-6-15-16(9-13)23-8-4-7-22-15/h5-6,9H,4,7-8,10H2,1-3H3,(H,18,21). The summed E-state index contributed by atoms with van der Waals surface area (Å²) in [6, 6.07) is 5.47. The molecule has 2 heterocycles. The minimum Gasteiger partial charge on any atom is -0.490 e. The fourth-order valence-corrected chi connectivity index (χ4v) is 2.68. The molecule has 0 atom stereocenters. The molecule has 0 saturated heterocycles. The molecule has 3 rings (SSSR count). The van der Waals surface area contributed by atoms with Gasteiger partial charge in [-0.05, 0) is 26.0 Å². The summed E-state index contributed by atoms with van der Waals surface area (Å²) in [5.41, 5.74) is 3.58. The highest BCUT2D eigenvalue weighted by Crippen LogP contribution is 2.32. The van der Waals surface area contributed by atoms with Crippen LogP contribution in [0.15, 0.2) is 18.2 Å². The van der Waals surface area contributed by atoms with Gasteiger partial charge in [0, 0.05) is 36.5 Å². The zero-order chi connectivity index (χ0) is 16.4. The lowest BCUT2D eigenvalue weighted by Crippen LogP contribution is -2.15. The van der Waals surface area contributed by atoms with E-state index in [-0.39, 0.29) is 5.91 Å². The molecule has 1 amide bonds. The number of benzene rings is 1. The zero-order valence-corrected chi connectivity index (χ0v) is 13.7. The summed E-state index contributed by atoms with van der Waals surface area (Å²) < 4.78 is 13.0. The third-order valence-corrected chi connectivity index (χ3v) is 4.03. The number of fused-ring (bicyclic) bond motifs is 1. The number of carbonyl (C=O) groups is 1. The van der Waals surface area contributed by atoms with Gasteiger partial charge in [0.2, 0.25) is 5.91 Å². The molecule has 1 aliphatic heterocycles. The first-order valence-electron chi connectivity index (χ1n) is 7.73. The van der Waals surface area contributed by atoms with Crippen LogP contribution in [0.25, 0.3) is 0 Å². The first-order valence-corrected chi connectivity index (χ1v) is 7.73. The van der Waals surface area contributed by atoms with Crippen LogP contribution in [0.5, 0.6) is 11.5 Å². The molecule has 6 nitrogen and oxygen atoms in total. The number of nitrogens with zero attached hydrogens (tertiary/aromatic N) is 2. The van der Waals surface area contributed by atoms with E-state index in [4.69, 9.17) is 9.47 Å². The molecule has 1 N–H and O–H groups in total. The van der Waals surface area contributed by atoms with Crippen molar-refractivity contribution in [1.82, 2.24) is 9.78 Å². The Bertz CT molecular complexity index is 737. The van der Waals surface area contributed by atoms with Gasteiger partial charge in [0.15, 0.2) is 11.5 Å². The average Bonchev–Trinajstić information content (AvgIpc) is 2.72. The highest BCUT2D eigenvalue weighted by Gasteiger charge is 2.15. The second-order valence-corrected chi connectivity index (χ2v) is 5.71. The summed E-state index contributed by atoms with van der Waals surface area (Å²) in [5.74, 6) is 1.33. The third kappa shape index (κ3) is 3.31. The third-order valence-electron chi connectivity index (χ3n) is 4.03. The lowest BCUT2D eigenvalue weighted by Gasteiger charge is -2.10. The summed E-state index contributed by atoms with van der Waals surface area (Å²) in [7, 11) is 1.88. The van der Waals surface area contributed by atoms with Crippen LogP contribution in [-0.4, -0.2) is 28.9 Å². The number of carbonyl (C=O) groups excluding carboxylic acids is 1. The molecule has 0 radical (unpaired) electrons. The van der Waals surface area contributed by atoms with Gasteiger partial charge in [-0.25, -0.2) is 0 Å². The second kappa shape index (κ2) is 6.32. The van der Waals surface area contributed by atoms with E-state index in [2.05, 4.69) is 10.4 Å².